The molecule has 2 aliphatic heterocycles. The van der Waals surface area contributed by atoms with Crippen LogP contribution in [-0.4, -0.2) is 23.4 Å². The summed E-state index contributed by atoms with van der Waals surface area (Å²) in [6.07, 6.45) is 3.06. The Balaban J connectivity index is 1.87. The van der Waals surface area contributed by atoms with Gasteiger partial charge in [0.15, 0.2) is 0 Å². The number of aromatic nitrogens is 1. The molecule has 1 aromatic heterocycles. The van der Waals surface area contributed by atoms with Gasteiger partial charge in [0.2, 0.25) is 0 Å². The first-order valence-corrected chi connectivity index (χ1v) is 6.35. The number of aromatic amines is 1. The summed E-state index contributed by atoms with van der Waals surface area (Å²) in [6.45, 7) is 2.78. The average Bonchev–Trinajstić information content (AvgIpc) is 3.01. The van der Waals surface area contributed by atoms with E-state index >= 15 is 0 Å². The van der Waals surface area contributed by atoms with Crippen LogP contribution < -0.4 is 4.74 Å². The fraction of sp³-hybridized carbons (Fsp3) is 0.357. The largest absolute Gasteiger partial charge is 0.492 e. The summed E-state index contributed by atoms with van der Waals surface area (Å²) in [6, 6.07) is 6.24. The highest BCUT2D eigenvalue weighted by atomic mass is 16.6. The van der Waals surface area contributed by atoms with Crippen LogP contribution in [0.15, 0.2) is 29.6 Å². The maximum Gasteiger partial charge on any atom is 0.139 e. The van der Waals surface area contributed by atoms with Gasteiger partial charge >= 0.3 is 0 Å². The smallest absolute Gasteiger partial charge is 0.139 e. The molecule has 2 atom stereocenters. The quantitative estimate of drug-likeness (QED) is 0.835. The fourth-order valence-electron chi connectivity index (χ4n) is 2.82. The minimum absolute atomic E-state index is 0.162. The van der Waals surface area contributed by atoms with Crippen molar-refractivity contribution in [3.63, 3.8) is 0 Å². The standard InChI is InChI=1S/C14H14N2O2/c1-2-12-10-7-17-13-6-11-8(3-4-15-11)5-9(13)14(10)16-18-12/h3-6,10,12,15H,2,7H2,1H3. The third-order valence-corrected chi connectivity index (χ3v) is 3.84. The predicted octanol–water partition coefficient (Wildman–Crippen LogP) is 2.69. The van der Waals surface area contributed by atoms with E-state index in [9.17, 15) is 0 Å². The van der Waals surface area contributed by atoms with E-state index < -0.39 is 0 Å². The molecule has 0 spiro atoms. The Morgan fingerprint density at radius 3 is 3.28 bits per heavy atom. The van der Waals surface area contributed by atoms with Crippen molar-refractivity contribution >= 4 is 16.6 Å². The lowest BCUT2D eigenvalue weighted by Gasteiger charge is -2.24. The van der Waals surface area contributed by atoms with E-state index in [1.165, 1.54) is 5.39 Å². The van der Waals surface area contributed by atoms with Crippen LogP contribution in [0.25, 0.3) is 10.9 Å². The molecule has 4 rings (SSSR count). The Morgan fingerprint density at radius 1 is 1.44 bits per heavy atom. The van der Waals surface area contributed by atoms with Crippen molar-refractivity contribution in [1.29, 1.82) is 0 Å². The number of nitrogens with zero attached hydrogens (tertiary/aromatic N) is 1. The van der Waals surface area contributed by atoms with E-state index in [1.807, 2.05) is 12.3 Å². The first kappa shape index (κ1) is 10.00. The molecule has 3 heterocycles. The van der Waals surface area contributed by atoms with Crippen LogP contribution >= 0.6 is 0 Å². The number of rotatable bonds is 1. The lowest BCUT2D eigenvalue weighted by atomic mass is 9.89. The number of hydrogen-bond acceptors (Lipinski definition) is 3. The van der Waals surface area contributed by atoms with Crippen molar-refractivity contribution in [3.8, 4) is 5.75 Å². The van der Waals surface area contributed by atoms with Gasteiger partial charge in [-0.15, -0.1) is 0 Å². The van der Waals surface area contributed by atoms with E-state index in [-0.39, 0.29) is 12.0 Å². The Labute approximate surface area is 105 Å². The molecule has 0 fully saturated rings. The van der Waals surface area contributed by atoms with E-state index in [1.54, 1.807) is 0 Å². The average molecular weight is 242 g/mol. The lowest BCUT2D eigenvalue weighted by Crippen LogP contribution is -2.33. The van der Waals surface area contributed by atoms with Crippen LogP contribution in [0.3, 0.4) is 0 Å². The molecule has 0 saturated heterocycles. The molecule has 0 aliphatic carbocycles. The van der Waals surface area contributed by atoms with E-state index in [0.717, 1.165) is 29.0 Å². The van der Waals surface area contributed by atoms with Crippen molar-refractivity contribution in [2.24, 2.45) is 11.1 Å². The summed E-state index contributed by atoms with van der Waals surface area (Å²) in [4.78, 5) is 8.70. The minimum Gasteiger partial charge on any atom is -0.492 e. The Morgan fingerprint density at radius 2 is 2.39 bits per heavy atom. The topological polar surface area (TPSA) is 46.6 Å². The van der Waals surface area contributed by atoms with Gasteiger partial charge in [-0.2, -0.15) is 0 Å². The van der Waals surface area contributed by atoms with Crippen molar-refractivity contribution in [2.75, 3.05) is 6.61 Å². The van der Waals surface area contributed by atoms with Gasteiger partial charge in [0.05, 0.1) is 5.92 Å². The minimum atomic E-state index is 0.162. The molecule has 18 heavy (non-hydrogen) atoms. The molecule has 1 aromatic carbocycles. The highest BCUT2D eigenvalue weighted by Gasteiger charge is 2.38. The van der Waals surface area contributed by atoms with Crippen LogP contribution in [0, 0.1) is 5.92 Å². The number of oxime groups is 1. The number of H-pyrrole nitrogens is 1. The molecular formula is C14H14N2O2. The van der Waals surface area contributed by atoms with Gasteiger partial charge in [0.25, 0.3) is 0 Å². The highest BCUT2D eigenvalue weighted by Crippen LogP contribution is 2.36. The zero-order valence-corrected chi connectivity index (χ0v) is 10.1. The maximum absolute atomic E-state index is 5.87. The van der Waals surface area contributed by atoms with Crippen LogP contribution in [0.4, 0.5) is 0 Å². The molecule has 0 radical (unpaired) electrons. The first-order valence-electron chi connectivity index (χ1n) is 6.35. The molecule has 1 N–H and O–H groups in total. The second-order valence-electron chi connectivity index (χ2n) is 4.86. The zero-order chi connectivity index (χ0) is 12.1. The number of benzene rings is 1. The monoisotopic (exact) mass is 242 g/mol. The second kappa shape index (κ2) is 3.51. The van der Waals surface area contributed by atoms with E-state index in [4.69, 9.17) is 9.57 Å². The van der Waals surface area contributed by atoms with Gasteiger partial charge in [-0.3, -0.25) is 0 Å². The van der Waals surface area contributed by atoms with E-state index in [0.29, 0.717) is 6.61 Å². The van der Waals surface area contributed by atoms with Crippen molar-refractivity contribution < 1.29 is 9.57 Å². The molecule has 0 saturated carbocycles. The van der Waals surface area contributed by atoms with Gasteiger partial charge in [-0.25, -0.2) is 0 Å². The maximum atomic E-state index is 5.87. The molecule has 2 unspecified atom stereocenters. The van der Waals surface area contributed by atoms with Crippen LogP contribution in [0.5, 0.6) is 5.75 Å². The van der Waals surface area contributed by atoms with Crippen LogP contribution in [0.1, 0.15) is 18.9 Å². The molecule has 0 bridgehead atoms. The second-order valence-corrected chi connectivity index (χ2v) is 4.86. The SMILES string of the molecule is CCC1ON=C2c3cc4cc[nH]c4cc3OCC21. The molecule has 4 nitrogen and oxygen atoms in total. The molecule has 2 aromatic rings. The summed E-state index contributed by atoms with van der Waals surface area (Å²) in [7, 11) is 0. The van der Waals surface area contributed by atoms with Gasteiger partial charge in [0, 0.05) is 28.7 Å². The molecule has 92 valence electrons. The Bertz CT molecular complexity index is 644. The van der Waals surface area contributed by atoms with Crippen LogP contribution in [0.2, 0.25) is 0 Å². The third kappa shape index (κ3) is 1.23. The summed E-state index contributed by atoms with van der Waals surface area (Å²) in [5.74, 6) is 1.18. The molecule has 4 heteroatoms. The normalized spacial score (nSPS) is 25.1. The fourth-order valence-corrected chi connectivity index (χ4v) is 2.82. The summed E-state index contributed by atoms with van der Waals surface area (Å²) < 4.78 is 5.87. The van der Waals surface area contributed by atoms with Crippen LogP contribution in [-0.2, 0) is 4.84 Å². The number of ether oxygens (including phenoxy) is 1. The van der Waals surface area contributed by atoms with Gasteiger partial charge < -0.3 is 14.6 Å². The van der Waals surface area contributed by atoms with Crippen molar-refractivity contribution in [3.05, 3.63) is 30.0 Å². The van der Waals surface area contributed by atoms with E-state index in [2.05, 4.69) is 29.2 Å². The molecular weight excluding hydrogens is 228 g/mol. The predicted molar refractivity (Wildman–Crippen MR) is 69.0 cm³/mol. The van der Waals surface area contributed by atoms with Gasteiger partial charge in [0.1, 0.15) is 24.2 Å². The van der Waals surface area contributed by atoms with Gasteiger partial charge in [-0.1, -0.05) is 12.1 Å². The highest BCUT2D eigenvalue weighted by molar-refractivity contribution is 6.08. The zero-order valence-electron chi connectivity index (χ0n) is 10.1. The van der Waals surface area contributed by atoms with Crippen molar-refractivity contribution in [1.82, 2.24) is 4.98 Å². The number of hydrogen-bond donors (Lipinski definition) is 1. The Hall–Kier alpha value is -1.97. The molecule has 2 aliphatic rings. The van der Waals surface area contributed by atoms with Gasteiger partial charge in [-0.05, 0) is 18.6 Å². The van der Waals surface area contributed by atoms with Crippen molar-refractivity contribution in [2.45, 2.75) is 19.4 Å². The Kier molecular flexibility index (Phi) is 1.95. The number of nitrogens with one attached hydrogen (secondary N) is 1. The number of fused-ring (bicyclic) bond motifs is 4. The summed E-state index contributed by atoms with van der Waals surface area (Å²) >= 11 is 0. The lowest BCUT2D eigenvalue weighted by molar-refractivity contribution is 0.0466. The first-order chi connectivity index (χ1) is 8.86. The summed E-state index contributed by atoms with van der Waals surface area (Å²) in [5.41, 5.74) is 3.22. The summed E-state index contributed by atoms with van der Waals surface area (Å²) in [5, 5.41) is 5.45. The molecule has 0 amide bonds. The third-order valence-electron chi connectivity index (χ3n) is 3.84.